The van der Waals surface area contributed by atoms with E-state index in [0.717, 1.165) is 44.1 Å². The molecule has 3 heterocycles. The summed E-state index contributed by atoms with van der Waals surface area (Å²) in [6.45, 7) is 4.98. The van der Waals surface area contributed by atoms with E-state index >= 15 is 0 Å². The summed E-state index contributed by atoms with van der Waals surface area (Å²) in [6, 6.07) is 2.38. The first-order valence-electron chi connectivity index (χ1n) is 9.11. The summed E-state index contributed by atoms with van der Waals surface area (Å²) in [5.41, 5.74) is 3.86. The third-order valence-electron chi connectivity index (χ3n) is 5.35. The highest BCUT2D eigenvalue weighted by Crippen LogP contribution is 2.36. The number of hydrogen-bond acceptors (Lipinski definition) is 6. The van der Waals surface area contributed by atoms with Crippen LogP contribution in [0.25, 0.3) is 0 Å². The van der Waals surface area contributed by atoms with Gasteiger partial charge in [-0.25, -0.2) is 9.97 Å². The summed E-state index contributed by atoms with van der Waals surface area (Å²) in [6.07, 6.45) is 5.92. The van der Waals surface area contributed by atoms with Crippen molar-refractivity contribution in [1.29, 1.82) is 0 Å². The first-order valence-corrected chi connectivity index (χ1v) is 9.11. The Kier molecular flexibility index (Phi) is 4.31. The van der Waals surface area contributed by atoms with E-state index in [2.05, 4.69) is 38.5 Å². The average Bonchev–Trinajstić information content (AvgIpc) is 3.20. The number of nitrogens with one attached hydrogen (secondary N) is 1. The SMILES string of the molecule is Cc1nc([C@H]2CCCNC2)cc(N(C)C[C@@H]2N=NC3=C2CCC3)n1. The number of likely N-dealkylation sites (N-methyl/N-ethyl adjacent to an activating group) is 1. The number of anilines is 1. The van der Waals surface area contributed by atoms with Crippen LogP contribution in [0.2, 0.25) is 0 Å². The predicted molar refractivity (Wildman–Crippen MR) is 94.4 cm³/mol. The number of allylic oxidation sites excluding steroid dienone is 1. The van der Waals surface area contributed by atoms with Gasteiger partial charge < -0.3 is 10.2 Å². The zero-order valence-electron chi connectivity index (χ0n) is 14.6. The fourth-order valence-electron chi connectivity index (χ4n) is 4.02. The lowest BCUT2D eigenvalue weighted by atomic mass is 9.96. The van der Waals surface area contributed by atoms with Gasteiger partial charge in [-0.3, -0.25) is 0 Å². The van der Waals surface area contributed by atoms with Crippen molar-refractivity contribution in [2.45, 2.75) is 51.0 Å². The van der Waals surface area contributed by atoms with Gasteiger partial charge in [-0.15, -0.1) is 0 Å². The molecule has 2 atom stereocenters. The Morgan fingerprint density at radius 2 is 2.17 bits per heavy atom. The van der Waals surface area contributed by atoms with Gasteiger partial charge in [-0.2, -0.15) is 10.2 Å². The summed E-state index contributed by atoms with van der Waals surface area (Å²) < 4.78 is 0. The average molecular weight is 326 g/mol. The lowest BCUT2D eigenvalue weighted by Crippen LogP contribution is -2.31. The molecular formula is C18H26N6. The molecule has 2 aliphatic heterocycles. The molecule has 0 radical (unpaired) electrons. The topological polar surface area (TPSA) is 65.8 Å². The zero-order valence-corrected chi connectivity index (χ0v) is 14.6. The third kappa shape index (κ3) is 3.07. The largest absolute Gasteiger partial charge is 0.357 e. The molecule has 1 N–H and O–H groups in total. The number of nitrogens with zero attached hydrogens (tertiary/aromatic N) is 5. The lowest BCUT2D eigenvalue weighted by Gasteiger charge is -2.25. The Bertz CT molecular complexity index is 674. The smallest absolute Gasteiger partial charge is 0.132 e. The summed E-state index contributed by atoms with van der Waals surface area (Å²) in [7, 11) is 2.10. The number of azo groups is 1. The molecule has 1 aromatic rings. The number of hydrogen-bond donors (Lipinski definition) is 1. The predicted octanol–water partition coefficient (Wildman–Crippen LogP) is 2.96. The molecule has 128 valence electrons. The number of rotatable bonds is 4. The van der Waals surface area contributed by atoms with E-state index < -0.39 is 0 Å². The molecular weight excluding hydrogens is 300 g/mol. The molecule has 4 rings (SSSR count). The summed E-state index contributed by atoms with van der Waals surface area (Å²) in [5.74, 6) is 2.36. The van der Waals surface area contributed by atoms with Crippen LogP contribution in [0.1, 0.15) is 49.5 Å². The zero-order chi connectivity index (χ0) is 16.5. The van der Waals surface area contributed by atoms with Gasteiger partial charge in [0.2, 0.25) is 0 Å². The molecule has 0 amide bonds. The van der Waals surface area contributed by atoms with Gasteiger partial charge in [0.25, 0.3) is 0 Å². The van der Waals surface area contributed by atoms with Crippen LogP contribution < -0.4 is 10.2 Å². The standard InChI is InChI=1S/C18H26N6/c1-12-20-16(13-5-4-8-19-10-13)9-18(21-12)24(2)11-17-14-6-3-7-15(14)22-23-17/h9,13,17,19H,3-8,10-11H2,1-2H3/t13-,17-/m0/s1. The van der Waals surface area contributed by atoms with Gasteiger partial charge in [0.1, 0.15) is 17.7 Å². The molecule has 6 heteroatoms. The minimum Gasteiger partial charge on any atom is -0.357 e. The summed E-state index contributed by atoms with van der Waals surface area (Å²) in [5, 5.41) is 12.3. The monoisotopic (exact) mass is 326 g/mol. The van der Waals surface area contributed by atoms with Crippen LogP contribution in [0.5, 0.6) is 0 Å². The lowest BCUT2D eigenvalue weighted by molar-refractivity contribution is 0.453. The molecule has 0 aromatic carbocycles. The van der Waals surface area contributed by atoms with E-state index in [9.17, 15) is 0 Å². The molecule has 1 fully saturated rings. The van der Waals surface area contributed by atoms with Gasteiger partial charge in [0.05, 0.1) is 11.4 Å². The van der Waals surface area contributed by atoms with Crippen LogP contribution in [0.3, 0.4) is 0 Å². The van der Waals surface area contributed by atoms with Crippen LogP contribution >= 0.6 is 0 Å². The van der Waals surface area contributed by atoms with Gasteiger partial charge in [-0.05, 0) is 51.1 Å². The van der Waals surface area contributed by atoms with Gasteiger partial charge in [-0.1, -0.05) is 0 Å². The Morgan fingerprint density at radius 3 is 3.00 bits per heavy atom. The Balaban J connectivity index is 1.50. The van der Waals surface area contributed by atoms with Gasteiger partial charge in [0.15, 0.2) is 0 Å². The molecule has 1 saturated heterocycles. The van der Waals surface area contributed by atoms with Crippen molar-refractivity contribution in [3.8, 4) is 0 Å². The second kappa shape index (κ2) is 6.59. The minimum atomic E-state index is 0.211. The van der Waals surface area contributed by atoms with Crippen LogP contribution in [-0.2, 0) is 0 Å². The Hall–Kier alpha value is -1.82. The molecule has 0 spiro atoms. The van der Waals surface area contributed by atoms with Crippen molar-refractivity contribution in [2.75, 3.05) is 31.6 Å². The fourth-order valence-corrected chi connectivity index (χ4v) is 4.02. The maximum atomic E-state index is 4.70. The molecule has 0 bridgehead atoms. The van der Waals surface area contributed by atoms with Crippen molar-refractivity contribution in [2.24, 2.45) is 10.2 Å². The van der Waals surface area contributed by atoms with E-state index in [1.54, 1.807) is 0 Å². The third-order valence-corrected chi connectivity index (χ3v) is 5.35. The van der Waals surface area contributed by atoms with Crippen LogP contribution in [0.15, 0.2) is 27.6 Å². The van der Waals surface area contributed by atoms with Gasteiger partial charge in [0, 0.05) is 32.1 Å². The number of aryl methyl sites for hydroxylation is 1. The molecule has 1 aromatic heterocycles. The number of piperidine rings is 1. The fraction of sp³-hybridized carbons (Fsp3) is 0.667. The number of aromatic nitrogens is 2. The van der Waals surface area contributed by atoms with Crippen molar-refractivity contribution >= 4 is 5.82 Å². The summed E-state index contributed by atoms with van der Waals surface area (Å²) >= 11 is 0. The first kappa shape index (κ1) is 15.7. The maximum Gasteiger partial charge on any atom is 0.132 e. The highest BCUT2D eigenvalue weighted by atomic mass is 15.2. The van der Waals surface area contributed by atoms with Crippen molar-refractivity contribution in [3.05, 3.63) is 28.9 Å². The van der Waals surface area contributed by atoms with E-state index in [4.69, 9.17) is 4.98 Å². The molecule has 1 aliphatic carbocycles. The van der Waals surface area contributed by atoms with E-state index in [1.165, 1.54) is 36.2 Å². The molecule has 0 unspecified atom stereocenters. The van der Waals surface area contributed by atoms with E-state index in [0.29, 0.717) is 5.92 Å². The van der Waals surface area contributed by atoms with E-state index in [-0.39, 0.29) is 6.04 Å². The molecule has 0 saturated carbocycles. The second-order valence-corrected chi connectivity index (χ2v) is 7.18. The normalized spacial score (nSPS) is 26.1. The van der Waals surface area contributed by atoms with Crippen LogP contribution in [-0.4, -0.2) is 42.7 Å². The Labute approximate surface area is 143 Å². The minimum absolute atomic E-state index is 0.211. The second-order valence-electron chi connectivity index (χ2n) is 7.18. The molecule has 3 aliphatic rings. The highest BCUT2D eigenvalue weighted by molar-refractivity contribution is 5.41. The van der Waals surface area contributed by atoms with Crippen molar-refractivity contribution in [1.82, 2.24) is 15.3 Å². The van der Waals surface area contributed by atoms with Crippen molar-refractivity contribution < 1.29 is 0 Å². The van der Waals surface area contributed by atoms with Gasteiger partial charge >= 0.3 is 0 Å². The molecule has 6 nitrogen and oxygen atoms in total. The maximum absolute atomic E-state index is 4.70. The quantitative estimate of drug-likeness (QED) is 0.924. The molecule has 24 heavy (non-hydrogen) atoms. The highest BCUT2D eigenvalue weighted by Gasteiger charge is 2.29. The first-order chi connectivity index (χ1) is 11.7. The summed E-state index contributed by atoms with van der Waals surface area (Å²) in [4.78, 5) is 11.6. The van der Waals surface area contributed by atoms with E-state index in [1.807, 2.05) is 6.92 Å². The van der Waals surface area contributed by atoms with Crippen LogP contribution in [0.4, 0.5) is 5.82 Å². The van der Waals surface area contributed by atoms with Crippen molar-refractivity contribution in [3.63, 3.8) is 0 Å². The van der Waals surface area contributed by atoms with Crippen LogP contribution in [0, 0.1) is 6.92 Å². The Morgan fingerprint density at radius 1 is 1.25 bits per heavy atom.